The van der Waals surface area contributed by atoms with Crippen molar-refractivity contribution in [2.45, 2.75) is 9.79 Å². The van der Waals surface area contributed by atoms with Gasteiger partial charge in [0.15, 0.2) is 11.6 Å². The number of rotatable bonds is 2. The molecule has 2 aromatic carbocycles. The van der Waals surface area contributed by atoms with Gasteiger partial charge in [-0.05, 0) is 24.3 Å². The van der Waals surface area contributed by atoms with Crippen molar-refractivity contribution in [2.75, 3.05) is 0 Å². The molecule has 0 fully saturated rings. The molecule has 0 radical (unpaired) electrons. The maximum Gasteiger partial charge on any atom is 1.00 e. The molecule has 0 amide bonds. The topological polar surface area (TPSA) is 149 Å². The molecule has 8 nitrogen and oxygen atoms in total. The molecule has 0 atom stereocenters. The Morgan fingerprint density at radius 2 is 1.31 bits per heavy atom. The van der Waals surface area contributed by atoms with Gasteiger partial charge in [-0.1, -0.05) is 12.1 Å². The smallest absolute Gasteiger partial charge is 0.744 e. The van der Waals surface area contributed by atoms with E-state index in [-0.39, 0.29) is 75.8 Å². The van der Waals surface area contributed by atoms with Gasteiger partial charge in [-0.25, -0.2) is 16.8 Å². The van der Waals surface area contributed by atoms with Gasteiger partial charge in [-0.15, -0.1) is 0 Å². The molecule has 0 N–H and O–H groups in total. The molecule has 1 aliphatic carbocycles. The van der Waals surface area contributed by atoms with Crippen LogP contribution in [-0.2, 0) is 20.2 Å². The summed E-state index contributed by atoms with van der Waals surface area (Å²) in [5.74, 6) is -1.76. The first-order chi connectivity index (χ1) is 11.0. The number of carbonyl (C=O) groups is 2. The van der Waals surface area contributed by atoms with Crippen LogP contribution in [0.2, 0.25) is 0 Å². The Bertz CT molecular complexity index is 1130. The molecule has 3 rings (SSSR count). The number of ketones is 2. The molecule has 0 bridgehead atoms. The summed E-state index contributed by atoms with van der Waals surface area (Å²) in [5.41, 5.74) is -1.52. The van der Waals surface area contributed by atoms with Crippen molar-refractivity contribution >= 4 is 31.8 Å². The first-order valence-electron chi connectivity index (χ1n) is 6.30. The second-order valence-corrected chi connectivity index (χ2v) is 7.68. The molecule has 26 heavy (non-hydrogen) atoms. The van der Waals surface area contributed by atoms with E-state index in [1.54, 1.807) is 0 Å². The molecule has 0 aromatic heterocycles. The van der Waals surface area contributed by atoms with E-state index < -0.39 is 47.2 Å². The Kier molecular flexibility index (Phi) is 7.20. The number of benzene rings is 2. The minimum atomic E-state index is -5.00. The van der Waals surface area contributed by atoms with Gasteiger partial charge in [0.05, 0.1) is 15.4 Å². The summed E-state index contributed by atoms with van der Waals surface area (Å²) in [6.07, 6.45) is 0. The van der Waals surface area contributed by atoms with Crippen LogP contribution in [0.25, 0.3) is 0 Å². The van der Waals surface area contributed by atoms with Gasteiger partial charge in [0.25, 0.3) is 0 Å². The minimum Gasteiger partial charge on any atom is -0.744 e. The number of hydrogen-bond acceptors (Lipinski definition) is 8. The first kappa shape index (κ1) is 23.6. The van der Waals surface area contributed by atoms with Gasteiger partial charge in [0, 0.05) is 16.7 Å². The molecular formula is C14H6Na2O8S2. The summed E-state index contributed by atoms with van der Waals surface area (Å²) in [4.78, 5) is 23.4. The van der Waals surface area contributed by atoms with Gasteiger partial charge < -0.3 is 9.11 Å². The largest absolute Gasteiger partial charge is 1.00 e. The fourth-order valence-corrected chi connectivity index (χ4v) is 3.70. The molecule has 0 spiro atoms. The third-order valence-electron chi connectivity index (χ3n) is 3.54. The van der Waals surface area contributed by atoms with Crippen molar-refractivity contribution in [3.05, 3.63) is 58.7 Å². The van der Waals surface area contributed by atoms with Crippen LogP contribution in [-0.4, -0.2) is 37.5 Å². The fourth-order valence-electron chi connectivity index (χ4n) is 2.51. The van der Waals surface area contributed by atoms with Gasteiger partial charge in [0.1, 0.15) is 20.2 Å². The van der Waals surface area contributed by atoms with E-state index in [1.165, 1.54) is 0 Å². The molecule has 1 aliphatic rings. The molecule has 0 unspecified atom stereocenters. The fraction of sp³-hybridized carbons (Fsp3) is 0. The van der Waals surface area contributed by atoms with Crippen molar-refractivity contribution < 1.29 is 94.6 Å². The zero-order chi connectivity index (χ0) is 17.9. The van der Waals surface area contributed by atoms with E-state index in [0.29, 0.717) is 0 Å². The third kappa shape index (κ3) is 4.04. The molecule has 0 heterocycles. The Morgan fingerprint density at radius 1 is 0.692 bits per heavy atom. The Balaban J connectivity index is 0.00000169. The van der Waals surface area contributed by atoms with Gasteiger partial charge in [-0.3, -0.25) is 9.59 Å². The quantitative estimate of drug-likeness (QED) is 0.299. The van der Waals surface area contributed by atoms with Crippen LogP contribution in [0.4, 0.5) is 0 Å². The van der Waals surface area contributed by atoms with Crippen LogP contribution >= 0.6 is 0 Å². The SMILES string of the molecule is O=C1c2cc(S(=O)(=O)[O-])ccc2C(=O)c2c1cccc2S(=O)(=O)[O-].[Na+].[Na+]. The van der Waals surface area contributed by atoms with Crippen molar-refractivity contribution in [3.63, 3.8) is 0 Å². The molecule has 2 aromatic rings. The summed E-state index contributed by atoms with van der Waals surface area (Å²) in [7, 11) is -9.85. The summed E-state index contributed by atoms with van der Waals surface area (Å²) in [6.45, 7) is 0. The van der Waals surface area contributed by atoms with E-state index in [1.807, 2.05) is 0 Å². The predicted octanol–water partition coefficient (Wildman–Crippen LogP) is -5.72. The van der Waals surface area contributed by atoms with Crippen molar-refractivity contribution in [2.24, 2.45) is 0 Å². The van der Waals surface area contributed by atoms with Gasteiger partial charge >= 0.3 is 59.1 Å². The Morgan fingerprint density at radius 3 is 1.85 bits per heavy atom. The van der Waals surface area contributed by atoms with E-state index in [4.69, 9.17) is 0 Å². The van der Waals surface area contributed by atoms with Crippen LogP contribution < -0.4 is 59.1 Å². The summed E-state index contributed by atoms with van der Waals surface area (Å²) in [6, 6.07) is 5.72. The molecule has 12 heteroatoms. The molecule has 124 valence electrons. The second kappa shape index (κ2) is 7.92. The molecule has 0 aliphatic heterocycles. The standard InChI is InChI=1S/C14H8O8S2.2Na/c15-13-9-2-1-3-11(24(20,21)22)12(9)14(16)8-5-4-7(6-10(8)13)23(17,18)19;;/h1-6H,(H,17,18,19)(H,20,21,22);;/q;2*+1/p-2. The first-order valence-corrected chi connectivity index (χ1v) is 9.12. The second-order valence-electron chi connectivity index (χ2n) is 4.95. The van der Waals surface area contributed by atoms with E-state index in [0.717, 1.165) is 36.4 Å². The zero-order valence-corrected chi connectivity index (χ0v) is 19.2. The summed E-state index contributed by atoms with van der Waals surface area (Å²) >= 11 is 0. The van der Waals surface area contributed by atoms with Crippen LogP contribution in [0.5, 0.6) is 0 Å². The van der Waals surface area contributed by atoms with Crippen molar-refractivity contribution in [3.8, 4) is 0 Å². The average molecular weight is 412 g/mol. The summed E-state index contributed by atoms with van der Waals surface area (Å²) in [5, 5.41) is 0. The summed E-state index contributed by atoms with van der Waals surface area (Å²) < 4.78 is 67.1. The van der Waals surface area contributed by atoms with Crippen LogP contribution in [0, 0.1) is 0 Å². The number of carbonyl (C=O) groups excluding carboxylic acids is 2. The van der Waals surface area contributed by atoms with Gasteiger partial charge in [-0.2, -0.15) is 0 Å². The van der Waals surface area contributed by atoms with Crippen molar-refractivity contribution in [1.29, 1.82) is 0 Å². The maximum atomic E-state index is 12.5. The number of hydrogen-bond donors (Lipinski definition) is 0. The van der Waals surface area contributed by atoms with Crippen molar-refractivity contribution in [1.82, 2.24) is 0 Å². The van der Waals surface area contributed by atoms with Crippen LogP contribution in [0.3, 0.4) is 0 Å². The van der Waals surface area contributed by atoms with E-state index >= 15 is 0 Å². The monoisotopic (exact) mass is 412 g/mol. The normalized spacial score (nSPS) is 13.2. The minimum absolute atomic E-state index is 0. The van der Waals surface area contributed by atoms with E-state index in [2.05, 4.69) is 0 Å². The Hall–Kier alpha value is -0.400. The molecule has 0 saturated carbocycles. The van der Waals surface area contributed by atoms with Crippen LogP contribution in [0.15, 0.2) is 46.2 Å². The van der Waals surface area contributed by atoms with E-state index in [9.17, 15) is 35.5 Å². The van der Waals surface area contributed by atoms with Crippen LogP contribution in [0.1, 0.15) is 31.8 Å². The zero-order valence-electron chi connectivity index (χ0n) is 13.5. The van der Waals surface area contributed by atoms with Gasteiger partial charge in [0.2, 0.25) is 0 Å². The Labute approximate surface area is 193 Å². The average Bonchev–Trinajstić information content (AvgIpc) is 2.49. The molecule has 0 saturated heterocycles. The molecular weight excluding hydrogens is 406 g/mol. The number of fused-ring (bicyclic) bond motifs is 2. The third-order valence-corrected chi connectivity index (χ3v) is 5.25. The maximum absolute atomic E-state index is 12.5. The predicted molar refractivity (Wildman–Crippen MR) is 75.7 cm³/mol.